The first-order valence-corrected chi connectivity index (χ1v) is 8.13. The largest absolute Gasteiger partial charge is 0.328 e. The Labute approximate surface area is 119 Å². The van der Waals surface area contributed by atoms with Gasteiger partial charge in [0.1, 0.15) is 0 Å². The molecule has 1 amide bonds. The fraction of sp³-hybridized carbons (Fsp3) is 0.462. The highest BCUT2D eigenvalue weighted by Crippen LogP contribution is 2.15. The molecule has 1 unspecified atom stereocenters. The van der Waals surface area contributed by atoms with Crippen molar-refractivity contribution in [2.75, 3.05) is 15.8 Å². The zero-order valence-electron chi connectivity index (χ0n) is 11.7. The molecular weight excluding hydrogens is 278 g/mol. The maximum Gasteiger partial charge on any atom is 0.232 e. The van der Waals surface area contributed by atoms with Crippen LogP contribution in [0, 0.1) is 0 Å². The van der Waals surface area contributed by atoms with E-state index in [0.29, 0.717) is 24.2 Å². The van der Waals surface area contributed by atoms with E-state index in [1.165, 1.54) is 0 Å². The number of benzene rings is 1. The first-order chi connectivity index (χ1) is 9.32. The van der Waals surface area contributed by atoms with Gasteiger partial charge in [0.25, 0.3) is 0 Å². The Kier molecular flexibility index (Phi) is 5.97. The molecule has 0 saturated heterocycles. The second-order valence-electron chi connectivity index (χ2n) is 4.65. The average Bonchev–Trinajstić information content (AvgIpc) is 2.38. The van der Waals surface area contributed by atoms with Gasteiger partial charge in [0.15, 0.2) is 0 Å². The van der Waals surface area contributed by atoms with Crippen LogP contribution < -0.4 is 15.8 Å². The van der Waals surface area contributed by atoms with Crippen LogP contribution in [0.1, 0.15) is 26.7 Å². The molecule has 0 radical (unpaired) electrons. The van der Waals surface area contributed by atoms with E-state index in [1.54, 1.807) is 31.2 Å². The summed E-state index contributed by atoms with van der Waals surface area (Å²) in [5.41, 5.74) is 6.68. The van der Waals surface area contributed by atoms with Gasteiger partial charge in [-0.25, -0.2) is 8.42 Å². The van der Waals surface area contributed by atoms with Crippen LogP contribution in [0.2, 0.25) is 0 Å². The molecular formula is C13H21N3O3S. The molecule has 0 fully saturated rings. The normalized spacial score (nSPS) is 12.8. The highest BCUT2D eigenvalue weighted by molar-refractivity contribution is 7.92. The lowest BCUT2D eigenvalue weighted by Gasteiger charge is -2.09. The van der Waals surface area contributed by atoms with Crippen molar-refractivity contribution in [1.82, 2.24) is 0 Å². The molecule has 0 heterocycles. The minimum atomic E-state index is -3.28. The Morgan fingerprint density at radius 1 is 1.25 bits per heavy atom. The summed E-state index contributed by atoms with van der Waals surface area (Å²) in [6.07, 6.45) is 0.988. The number of rotatable bonds is 7. The van der Waals surface area contributed by atoms with Gasteiger partial charge >= 0.3 is 0 Å². The number of carbonyl (C=O) groups excluding carboxylic acids is 1. The summed E-state index contributed by atoms with van der Waals surface area (Å²) in [5.74, 6) is -0.0906. The van der Waals surface area contributed by atoms with Crippen molar-refractivity contribution in [1.29, 1.82) is 0 Å². The van der Waals surface area contributed by atoms with Gasteiger partial charge in [0.2, 0.25) is 15.9 Å². The van der Waals surface area contributed by atoms with Gasteiger partial charge in [-0.2, -0.15) is 0 Å². The average molecular weight is 299 g/mol. The van der Waals surface area contributed by atoms with Crippen LogP contribution in [0.5, 0.6) is 0 Å². The van der Waals surface area contributed by atoms with Crippen molar-refractivity contribution in [3.05, 3.63) is 24.3 Å². The minimum absolute atomic E-state index is 0.00780. The highest BCUT2D eigenvalue weighted by Gasteiger charge is 2.07. The fourth-order valence-electron chi connectivity index (χ4n) is 1.46. The van der Waals surface area contributed by atoms with E-state index in [2.05, 4.69) is 10.0 Å². The molecule has 0 aromatic heterocycles. The summed E-state index contributed by atoms with van der Waals surface area (Å²) in [5, 5.41) is 2.73. The first kappa shape index (κ1) is 16.5. The maximum absolute atomic E-state index is 11.6. The third-order valence-corrected chi connectivity index (χ3v) is 3.96. The predicted octanol–water partition coefficient (Wildman–Crippen LogP) is 1.51. The van der Waals surface area contributed by atoms with Gasteiger partial charge in [-0.1, -0.05) is 0 Å². The lowest BCUT2D eigenvalue weighted by molar-refractivity contribution is -0.116. The van der Waals surface area contributed by atoms with E-state index < -0.39 is 10.0 Å². The van der Waals surface area contributed by atoms with Crippen LogP contribution in [0.15, 0.2) is 24.3 Å². The van der Waals surface area contributed by atoms with Crippen LogP contribution in [0.25, 0.3) is 0 Å². The second kappa shape index (κ2) is 7.25. The van der Waals surface area contributed by atoms with Crippen molar-refractivity contribution in [3.63, 3.8) is 0 Å². The van der Waals surface area contributed by atoms with E-state index in [9.17, 15) is 13.2 Å². The topological polar surface area (TPSA) is 101 Å². The molecule has 1 aromatic rings. The van der Waals surface area contributed by atoms with Crippen LogP contribution >= 0.6 is 0 Å². The summed E-state index contributed by atoms with van der Waals surface area (Å²) in [6.45, 7) is 3.41. The molecule has 4 N–H and O–H groups in total. The molecule has 20 heavy (non-hydrogen) atoms. The number of carbonyl (C=O) groups is 1. The van der Waals surface area contributed by atoms with Crippen molar-refractivity contribution < 1.29 is 13.2 Å². The lowest BCUT2D eigenvalue weighted by Crippen LogP contribution is -2.19. The molecule has 1 rings (SSSR count). The smallest absolute Gasteiger partial charge is 0.232 e. The fourth-order valence-corrected chi connectivity index (χ4v) is 2.10. The van der Waals surface area contributed by atoms with Gasteiger partial charge < -0.3 is 11.1 Å². The van der Waals surface area contributed by atoms with Crippen molar-refractivity contribution in [2.45, 2.75) is 32.7 Å². The molecule has 1 aromatic carbocycles. The van der Waals surface area contributed by atoms with Crippen LogP contribution in [0.4, 0.5) is 11.4 Å². The Morgan fingerprint density at radius 2 is 1.80 bits per heavy atom. The molecule has 7 heteroatoms. The molecule has 0 aliphatic heterocycles. The van der Waals surface area contributed by atoms with Crippen molar-refractivity contribution in [3.8, 4) is 0 Å². The van der Waals surface area contributed by atoms with Gasteiger partial charge in [0.05, 0.1) is 5.75 Å². The SMILES string of the molecule is CCS(=O)(=O)Nc1ccc(NC(=O)CCC(C)N)cc1. The first-order valence-electron chi connectivity index (χ1n) is 6.48. The molecule has 0 aliphatic carbocycles. The molecule has 0 saturated carbocycles. The van der Waals surface area contributed by atoms with Crippen LogP contribution in [0.3, 0.4) is 0 Å². The lowest BCUT2D eigenvalue weighted by atomic mass is 10.2. The van der Waals surface area contributed by atoms with Crippen molar-refractivity contribution >= 4 is 27.3 Å². The van der Waals surface area contributed by atoms with Crippen LogP contribution in [-0.4, -0.2) is 26.1 Å². The number of nitrogens with two attached hydrogens (primary N) is 1. The molecule has 112 valence electrons. The van der Waals surface area contributed by atoms with E-state index in [1.807, 2.05) is 6.92 Å². The Morgan fingerprint density at radius 3 is 2.30 bits per heavy atom. The summed E-state index contributed by atoms with van der Waals surface area (Å²) in [4.78, 5) is 11.6. The maximum atomic E-state index is 11.6. The summed E-state index contributed by atoms with van der Waals surface area (Å²) in [6, 6.07) is 6.50. The van der Waals surface area contributed by atoms with E-state index >= 15 is 0 Å². The van der Waals surface area contributed by atoms with Crippen LogP contribution in [-0.2, 0) is 14.8 Å². The Hall–Kier alpha value is -1.60. The molecule has 0 spiro atoms. The Bertz CT molecular complexity index is 538. The number of hydrogen-bond acceptors (Lipinski definition) is 4. The van der Waals surface area contributed by atoms with E-state index in [-0.39, 0.29) is 17.7 Å². The third-order valence-electron chi connectivity index (χ3n) is 2.65. The quantitative estimate of drug-likeness (QED) is 0.710. The molecule has 0 aliphatic rings. The van der Waals surface area contributed by atoms with Gasteiger partial charge in [-0.05, 0) is 44.5 Å². The molecule has 6 nitrogen and oxygen atoms in total. The number of amides is 1. The minimum Gasteiger partial charge on any atom is -0.328 e. The third kappa shape index (κ3) is 6.03. The highest BCUT2D eigenvalue weighted by atomic mass is 32.2. The molecule has 0 bridgehead atoms. The van der Waals surface area contributed by atoms with Gasteiger partial charge in [-0.15, -0.1) is 0 Å². The summed E-state index contributed by atoms with van der Waals surface area (Å²) in [7, 11) is -3.28. The molecule has 1 atom stereocenters. The monoisotopic (exact) mass is 299 g/mol. The zero-order chi connectivity index (χ0) is 15.2. The number of hydrogen-bond donors (Lipinski definition) is 3. The zero-order valence-corrected chi connectivity index (χ0v) is 12.5. The number of nitrogens with one attached hydrogen (secondary N) is 2. The Balaban J connectivity index is 2.57. The van der Waals surface area contributed by atoms with Gasteiger partial charge in [-0.3, -0.25) is 9.52 Å². The second-order valence-corrected chi connectivity index (χ2v) is 6.66. The van der Waals surface area contributed by atoms with E-state index in [0.717, 1.165) is 0 Å². The van der Waals surface area contributed by atoms with E-state index in [4.69, 9.17) is 5.73 Å². The number of anilines is 2. The summed E-state index contributed by atoms with van der Waals surface area (Å²) >= 11 is 0. The van der Waals surface area contributed by atoms with Crippen molar-refractivity contribution in [2.24, 2.45) is 5.73 Å². The predicted molar refractivity (Wildman–Crippen MR) is 81.0 cm³/mol. The van der Waals surface area contributed by atoms with Gasteiger partial charge in [0, 0.05) is 23.8 Å². The number of sulfonamides is 1. The standard InChI is InChI=1S/C13H21N3O3S/c1-3-20(18,19)16-12-7-5-11(6-8-12)15-13(17)9-4-10(2)14/h5-8,10,16H,3-4,9,14H2,1-2H3,(H,15,17). The summed E-state index contributed by atoms with van der Waals surface area (Å²) < 4.78 is 25.2.